The third kappa shape index (κ3) is 3.17. The van der Waals surface area contributed by atoms with Crippen LogP contribution in [0.3, 0.4) is 0 Å². The van der Waals surface area contributed by atoms with E-state index in [9.17, 15) is 14.7 Å². The minimum absolute atomic E-state index is 0.0188. The van der Waals surface area contributed by atoms with E-state index >= 15 is 0 Å². The molecule has 0 aliphatic carbocycles. The molecule has 0 bridgehead atoms. The number of benzene rings is 1. The van der Waals surface area contributed by atoms with Crippen LogP contribution >= 0.6 is 0 Å². The lowest BCUT2D eigenvalue weighted by Gasteiger charge is -2.05. The molecule has 1 N–H and O–H groups in total. The van der Waals surface area contributed by atoms with Crippen LogP contribution in [0.5, 0.6) is 0 Å². The van der Waals surface area contributed by atoms with E-state index in [1.54, 1.807) is 37.3 Å². The van der Waals surface area contributed by atoms with Gasteiger partial charge in [0.25, 0.3) is 5.78 Å². The topological polar surface area (TPSA) is 63.6 Å². The van der Waals surface area contributed by atoms with E-state index in [1.165, 1.54) is 6.92 Å². The SMILES string of the molecule is CCOC(=O)C(=O)/C(C)=C(\O)c1ccccc1. The average Bonchev–Trinajstić information content (AvgIpc) is 2.37. The number of aliphatic hydroxyl groups is 1. The Bertz CT molecular complexity index is 446. The zero-order valence-corrected chi connectivity index (χ0v) is 9.77. The van der Waals surface area contributed by atoms with Crippen LogP contribution in [0.25, 0.3) is 5.76 Å². The summed E-state index contributed by atoms with van der Waals surface area (Å²) >= 11 is 0. The highest BCUT2D eigenvalue weighted by atomic mass is 16.5. The molecule has 0 aliphatic heterocycles. The summed E-state index contributed by atoms with van der Waals surface area (Å²) in [5.74, 6) is -1.98. The molecule has 0 radical (unpaired) electrons. The molecule has 0 saturated heterocycles. The monoisotopic (exact) mass is 234 g/mol. The van der Waals surface area contributed by atoms with Crippen molar-refractivity contribution in [2.24, 2.45) is 0 Å². The second kappa shape index (κ2) is 5.84. The second-order valence-electron chi connectivity index (χ2n) is 3.39. The van der Waals surface area contributed by atoms with E-state index in [0.29, 0.717) is 5.56 Å². The van der Waals surface area contributed by atoms with Gasteiger partial charge in [0.05, 0.1) is 6.61 Å². The van der Waals surface area contributed by atoms with Crippen LogP contribution in [-0.4, -0.2) is 23.5 Å². The summed E-state index contributed by atoms with van der Waals surface area (Å²) in [7, 11) is 0. The number of ketones is 1. The van der Waals surface area contributed by atoms with Crippen molar-refractivity contribution in [3.05, 3.63) is 41.5 Å². The van der Waals surface area contributed by atoms with Crippen molar-refractivity contribution >= 4 is 17.5 Å². The number of Topliss-reactive ketones (excluding diaryl/α,β-unsaturated/α-hetero) is 1. The molecule has 4 nitrogen and oxygen atoms in total. The molecule has 0 aromatic heterocycles. The van der Waals surface area contributed by atoms with Gasteiger partial charge in [-0.15, -0.1) is 0 Å². The van der Waals surface area contributed by atoms with Gasteiger partial charge in [-0.2, -0.15) is 0 Å². The van der Waals surface area contributed by atoms with E-state index in [0.717, 1.165) is 0 Å². The smallest absolute Gasteiger partial charge is 0.379 e. The average molecular weight is 234 g/mol. The van der Waals surface area contributed by atoms with E-state index < -0.39 is 11.8 Å². The molecular weight excluding hydrogens is 220 g/mol. The van der Waals surface area contributed by atoms with Gasteiger partial charge in [0.1, 0.15) is 5.76 Å². The number of carbonyl (C=O) groups is 2. The Morgan fingerprint density at radius 1 is 1.24 bits per heavy atom. The Morgan fingerprint density at radius 3 is 2.35 bits per heavy atom. The lowest BCUT2D eigenvalue weighted by molar-refractivity contribution is -0.151. The molecular formula is C13H14O4. The van der Waals surface area contributed by atoms with Crippen LogP contribution < -0.4 is 0 Å². The molecule has 0 amide bonds. The minimum atomic E-state index is -0.951. The van der Waals surface area contributed by atoms with Crippen molar-refractivity contribution < 1.29 is 19.4 Å². The standard InChI is InChI=1S/C13H14O4/c1-3-17-13(16)12(15)9(2)11(14)10-7-5-4-6-8-10/h4-8,14H,3H2,1-2H3/b11-9-. The van der Waals surface area contributed by atoms with Crippen LogP contribution in [0.15, 0.2) is 35.9 Å². The first-order chi connectivity index (χ1) is 8.07. The fraction of sp³-hybridized carbons (Fsp3) is 0.231. The maximum Gasteiger partial charge on any atom is 0.379 e. The molecule has 0 spiro atoms. The van der Waals surface area contributed by atoms with Gasteiger partial charge in [-0.05, 0) is 13.8 Å². The van der Waals surface area contributed by atoms with Gasteiger partial charge >= 0.3 is 5.97 Å². The molecule has 1 aromatic rings. The van der Waals surface area contributed by atoms with Gasteiger partial charge < -0.3 is 9.84 Å². The van der Waals surface area contributed by atoms with E-state index in [4.69, 9.17) is 0 Å². The zero-order chi connectivity index (χ0) is 12.8. The highest BCUT2D eigenvalue weighted by Crippen LogP contribution is 2.16. The van der Waals surface area contributed by atoms with E-state index in [-0.39, 0.29) is 17.9 Å². The Hall–Kier alpha value is -2.10. The summed E-state index contributed by atoms with van der Waals surface area (Å²) in [6, 6.07) is 8.55. The van der Waals surface area contributed by atoms with Gasteiger partial charge in [-0.3, -0.25) is 4.79 Å². The zero-order valence-electron chi connectivity index (χ0n) is 9.77. The molecule has 0 aliphatic rings. The summed E-state index contributed by atoms with van der Waals surface area (Å²) in [5, 5.41) is 9.83. The van der Waals surface area contributed by atoms with E-state index in [1.807, 2.05) is 0 Å². The summed E-state index contributed by atoms with van der Waals surface area (Å²) < 4.78 is 4.58. The number of hydrogen-bond donors (Lipinski definition) is 1. The molecule has 0 fully saturated rings. The summed E-state index contributed by atoms with van der Waals surface area (Å²) in [5.41, 5.74) is 0.470. The number of hydrogen-bond acceptors (Lipinski definition) is 4. The lowest BCUT2D eigenvalue weighted by atomic mass is 10.1. The molecule has 17 heavy (non-hydrogen) atoms. The van der Waals surface area contributed by atoms with Gasteiger partial charge in [-0.25, -0.2) is 4.79 Å². The van der Waals surface area contributed by atoms with Crippen molar-refractivity contribution in [1.82, 2.24) is 0 Å². The van der Waals surface area contributed by atoms with E-state index in [2.05, 4.69) is 4.74 Å². The molecule has 1 aromatic carbocycles. The maximum atomic E-state index is 11.6. The highest BCUT2D eigenvalue weighted by molar-refractivity contribution is 6.41. The fourth-order valence-electron chi connectivity index (χ4n) is 1.27. The molecule has 0 unspecified atom stereocenters. The number of ether oxygens (including phenoxy) is 1. The van der Waals surface area contributed by atoms with Crippen molar-refractivity contribution in [2.75, 3.05) is 6.61 Å². The third-order valence-electron chi connectivity index (χ3n) is 2.20. The Kier molecular flexibility index (Phi) is 4.46. The largest absolute Gasteiger partial charge is 0.507 e. The molecule has 0 heterocycles. The van der Waals surface area contributed by atoms with Crippen molar-refractivity contribution in [2.45, 2.75) is 13.8 Å². The predicted octanol–water partition coefficient (Wildman–Crippen LogP) is 2.11. The molecule has 1 rings (SSSR count). The third-order valence-corrected chi connectivity index (χ3v) is 2.20. The van der Waals surface area contributed by atoms with Crippen molar-refractivity contribution in [3.8, 4) is 0 Å². The summed E-state index contributed by atoms with van der Waals surface area (Å²) in [6.45, 7) is 3.13. The van der Waals surface area contributed by atoms with Crippen LogP contribution in [-0.2, 0) is 14.3 Å². The Morgan fingerprint density at radius 2 is 1.82 bits per heavy atom. The first-order valence-electron chi connectivity index (χ1n) is 5.24. The predicted molar refractivity (Wildman–Crippen MR) is 63.3 cm³/mol. The minimum Gasteiger partial charge on any atom is -0.507 e. The van der Waals surface area contributed by atoms with Gasteiger partial charge in [0, 0.05) is 11.1 Å². The van der Waals surface area contributed by atoms with Crippen LogP contribution in [0, 0.1) is 0 Å². The summed E-state index contributed by atoms with van der Waals surface area (Å²) in [4.78, 5) is 22.8. The number of carbonyl (C=O) groups excluding carboxylic acids is 2. The Labute approximate surface area is 99.5 Å². The lowest BCUT2D eigenvalue weighted by Crippen LogP contribution is -2.19. The number of esters is 1. The first kappa shape index (κ1) is 13.0. The number of rotatable bonds is 4. The van der Waals surface area contributed by atoms with Crippen LogP contribution in [0.1, 0.15) is 19.4 Å². The van der Waals surface area contributed by atoms with Gasteiger partial charge in [0.15, 0.2) is 0 Å². The maximum absolute atomic E-state index is 11.6. The van der Waals surface area contributed by atoms with Gasteiger partial charge in [0.2, 0.25) is 0 Å². The highest BCUT2D eigenvalue weighted by Gasteiger charge is 2.20. The van der Waals surface area contributed by atoms with Crippen molar-refractivity contribution in [1.29, 1.82) is 0 Å². The van der Waals surface area contributed by atoms with Crippen molar-refractivity contribution in [3.63, 3.8) is 0 Å². The molecule has 90 valence electrons. The number of aliphatic hydroxyl groups excluding tert-OH is 1. The first-order valence-corrected chi connectivity index (χ1v) is 5.24. The Balaban J connectivity index is 2.98. The molecule has 4 heteroatoms. The van der Waals surface area contributed by atoms with Gasteiger partial charge in [-0.1, -0.05) is 30.3 Å². The normalized spacial score (nSPS) is 11.6. The van der Waals surface area contributed by atoms with Crippen LogP contribution in [0.4, 0.5) is 0 Å². The summed E-state index contributed by atoms with van der Waals surface area (Å²) in [6.07, 6.45) is 0. The molecule has 0 atom stereocenters. The quantitative estimate of drug-likeness (QED) is 0.375. The molecule has 0 saturated carbocycles. The second-order valence-corrected chi connectivity index (χ2v) is 3.39. The fourth-order valence-corrected chi connectivity index (χ4v) is 1.27. The van der Waals surface area contributed by atoms with Crippen LogP contribution in [0.2, 0.25) is 0 Å².